The molecule has 5 atom stereocenters. The smallest absolute Gasteiger partial charge is 0.462 e. The van der Waals surface area contributed by atoms with Crippen LogP contribution in [0.2, 0.25) is 0 Å². The predicted molar refractivity (Wildman–Crippen MR) is 381 cm³/mol. The highest BCUT2D eigenvalue weighted by Gasteiger charge is 2.30. The Morgan fingerprint density at radius 2 is 0.596 bits per heavy atom. The van der Waals surface area contributed by atoms with Crippen molar-refractivity contribution in [2.45, 2.75) is 316 Å². The molecule has 0 heterocycles. The van der Waals surface area contributed by atoms with Crippen LogP contribution in [0.4, 0.5) is 0 Å². The Balaban J connectivity index is 5.39. The van der Waals surface area contributed by atoms with Gasteiger partial charge in [-0.05, 0) is 109 Å². The number of hydrogen-bond acceptors (Lipinski definition) is 15. The molecule has 542 valence electrons. The summed E-state index contributed by atoms with van der Waals surface area (Å²) < 4.78 is 68.2. The van der Waals surface area contributed by atoms with Gasteiger partial charge in [0.15, 0.2) is 12.2 Å². The molecule has 0 fully saturated rings. The van der Waals surface area contributed by atoms with Crippen LogP contribution in [-0.4, -0.2) is 96.7 Å². The van der Waals surface area contributed by atoms with Crippen molar-refractivity contribution in [2.24, 2.45) is 0 Å². The molecule has 0 saturated carbocycles. The first-order valence-corrected chi connectivity index (χ1v) is 39.5. The van der Waals surface area contributed by atoms with E-state index in [1.807, 2.05) is 18.2 Å². The average Bonchev–Trinajstić information content (AvgIpc) is 1.55. The van der Waals surface area contributed by atoms with Crippen LogP contribution < -0.4 is 0 Å². The van der Waals surface area contributed by atoms with Crippen molar-refractivity contribution in [1.82, 2.24) is 0 Å². The van der Waals surface area contributed by atoms with Crippen LogP contribution in [0.15, 0.2) is 97.2 Å². The van der Waals surface area contributed by atoms with Gasteiger partial charge in [-0.3, -0.25) is 37.3 Å². The zero-order valence-corrected chi connectivity index (χ0v) is 60.7. The lowest BCUT2D eigenvalue weighted by Gasteiger charge is -2.21. The third-order valence-corrected chi connectivity index (χ3v) is 17.0. The fourth-order valence-electron chi connectivity index (χ4n) is 9.49. The van der Waals surface area contributed by atoms with Gasteiger partial charge < -0.3 is 33.8 Å². The molecule has 0 rings (SSSR count). The first kappa shape index (κ1) is 90.0. The number of carbonyl (C=O) groups is 4. The van der Waals surface area contributed by atoms with Crippen LogP contribution in [0.1, 0.15) is 297 Å². The number of phosphoric ester groups is 2. The molecule has 19 heteroatoms. The van der Waals surface area contributed by atoms with Crippen molar-refractivity contribution in [3.8, 4) is 0 Å². The van der Waals surface area contributed by atoms with E-state index in [2.05, 4.69) is 101 Å². The lowest BCUT2D eigenvalue weighted by molar-refractivity contribution is -0.161. The summed E-state index contributed by atoms with van der Waals surface area (Å²) in [4.78, 5) is 72.6. The number of esters is 4. The van der Waals surface area contributed by atoms with Crippen molar-refractivity contribution < 1.29 is 80.2 Å². The molecule has 0 aliphatic rings. The van der Waals surface area contributed by atoms with Crippen molar-refractivity contribution in [2.75, 3.05) is 39.6 Å². The molecule has 0 radical (unpaired) electrons. The first-order valence-electron chi connectivity index (χ1n) is 36.5. The van der Waals surface area contributed by atoms with Gasteiger partial charge in [-0.15, -0.1) is 0 Å². The molecule has 0 aromatic rings. The number of hydrogen-bond donors (Lipinski definition) is 3. The maximum atomic E-state index is 13.0. The Morgan fingerprint density at radius 3 is 0.989 bits per heavy atom. The monoisotopic (exact) mass is 1360 g/mol. The second-order valence-corrected chi connectivity index (χ2v) is 27.1. The van der Waals surface area contributed by atoms with E-state index in [0.29, 0.717) is 25.7 Å². The van der Waals surface area contributed by atoms with Crippen LogP contribution >= 0.6 is 15.6 Å². The van der Waals surface area contributed by atoms with E-state index in [1.165, 1.54) is 83.5 Å². The minimum atomic E-state index is -4.99. The quantitative estimate of drug-likeness (QED) is 0.0169. The van der Waals surface area contributed by atoms with Crippen molar-refractivity contribution in [1.29, 1.82) is 0 Å². The summed E-state index contributed by atoms with van der Waals surface area (Å²) in [6.45, 7) is 4.57. The van der Waals surface area contributed by atoms with Gasteiger partial charge in [0.1, 0.15) is 19.3 Å². The number of ether oxygens (including phenoxy) is 4. The highest BCUT2D eigenvalue weighted by molar-refractivity contribution is 7.47. The average molecular weight is 1370 g/mol. The van der Waals surface area contributed by atoms with E-state index >= 15 is 0 Å². The van der Waals surface area contributed by atoms with Crippen LogP contribution in [-0.2, 0) is 65.4 Å². The summed E-state index contributed by atoms with van der Waals surface area (Å²) in [6.07, 6.45) is 68.7. The maximum Gasteiger partial charge on any atom is 0.472 e. The molecule has 0 amide bonds. The Morgan fingerprint density at radius 1 is 0.319 bits per heavy atom. The SMILES string of the molecule is CC/C=C\C/C=C\C/C=C\C/C=C\C/C=C\CC(=O)OCC(COP(=O)(O)OCC(O)COP(=O)(O)OCC(COC(=O)CCCCCCC/C=C\C/C=C\CCCCC)OC(=O)CCCCCCCCCCCCC)OC(=O)CCCCCCC/C=C\CCCCCC. The third-order valence-electron chi connectivity index (χ3n) is 15.1. The molecule has 3 N–H and O–H groups in total. The summed E-state index contributed by atoms with van der Waals surface area (Å²) in [6, 6.07) is 0. The first-order chi connectivity index (χ1) is 45.7. The molecule has 0 aliphatic carbocycles. The molecule has 0 spiro atoms. The van der Waals surface area contributed by atoms with Gasteiger partial charge in [0.2, 0.25) is 0 Å². The van der Waals surface area contributed by atoms with Gasteiger partial charge in [0, 0.05) is 19.3 Å². The highest BCUT2D eigenvalue weighted by Crippen LogP contribution is 2.45. The number of rotatable bonds is 68. The standard InChI is InChI=1S/C75H130O17P2/c1-5-9-13-17-21-25-29-32-34-37-40-43-47-51-55-59-72(77)85-65-70(91-74(79)61-57-53-49-45-39-28-24-20-16-12-8-4)67-89-93(81,82)87-63-69(76)64-88-94(83,84)90-68-71(92-75(80)62-58-54-50-46-42-36-31-27-23-19-15-11-7-3)66-86-73(78)60-56-52-48-44-41-38-35-33-30-26-22-18-14-10-6-2/h10,14,21-22,25-27,31-35,41,44,52,56,69-71,76H,5-9,11-13,15-20,23-24,28-30,36-40,42-43,45-51,53-55,57-68H2,1-4H3,(H,81,82)(H,83,84)/b14-10-,25-21-,26-22-,31-27-,34-32-,35-33-,44-41-,56-52-. The van der Waals surface area contributed by atoms with Crippen molar-refractivity contribution in [3.63, 3.8) is 0 Å². The third kappa shape index (κ3) is 66.6. The molecule has 0 aromatic carbocycles. The number of aliphatic hydroxyl groups excluding tert-OH is 1. The molecule has 0 bridgehead atoms. The van der Waals surface area contributed by atoms with Crippen LogP contribution in [0.25, 0.3) is 0 Å². The molecular formula is C75H130O17P2. The largest absolute Gasteiger partial charge is 0.472 e. The molecule has 0 saturated heterocycles. The predicted octanol–water partition coefficient (Wildman–Crippen LogP) is 20.4. The maximum absolute atomic E-state index is 13.0. The Labute approximate surface area is 569 Å². The van der Waals surface area contributed by atoms with Gasteiger partial charge in [0.25, 0.3) is 0 Å². The van der Waals surface area contributed by atoms with Gasteiger partial charge >= 0.3 is 39.5 Å². The minimum Gasteiger partial charge on any atom is -0.462 e. The Hall–Kier alpha value is -4.02. The van der Waals surface area contributed by atoms with E-state index in [1.54, 1.807) is 6.08 Å². The lowest BCUT2D eigenvalue weighted by Crippen LogP contribution is -2.30. The van der Waals surface area contributed by atoms with E-state index in [9.17, 15) is 43.2 Å². The Kier molecular flexibility index (Phi) is 64.7. The minimum absolute atomic E-state index is 0.0655. The number of carbonyl (C=O) groups excluding carboxylic acids is 4. The summed E-state index contributed by atoms with van der Waals surface area (Å²) in [7, 11) is -9.96. The van der Waals surface area contributed by atoms with Gasteiger partial charge in [0.05, 0.1) is 32.8 Å². The van der Waals surface area contributed by atoms with Gasteiger partial charge in [-0.25, -0.2) is 9.13 Å². The Bertz CT molecular complexity index is 2170. The van der Waals surface area contributed by atoms with Crippen molar-refractivity contribution >= 4 is 39.5 Å². The number of unbranched alkanes of at least 4 members (excludes halogenated alkanes) is 27. The zero-order valence-electron chi connectivity index (χ0n) is 58.9. The van der Waals surface area contributed by atoms with E-state index in [0.717, 1.165) is 135 Å². The van der Waals surface area contributed by atoms with E-state index in [4.69, 9.17) is 37.0 Å². The van der Waals surface area contributed by atoms with E-state index < -0.39 is 97.5 Å². The summed E-state index contributed by atoms with van der Waals surface area (Å²) in [5.41, 5.74) is 0. The highest BCUT2D eigenvalue weighted by atomic mass is 31.2. The van der Waals surface area contributed by atoms with Gasteiger partial charge in [-0.1, -0.05) is 260 Å². The fourth-order valence-corrected chi connectivity index (χ4v) is 11.1. The molecule has 0 aromatic heterocycles. The van der Waals surface area contributed by atoms with Crippen LogP contribution in [0.3, 0.4) is 0 Å². The molecule has 5 unspecified atom stereocenters. The summed E-state index contributed by atoms with van der Waals surface area (Å²) >= 11 is 0. The summed E-state index contributed by atoms with van der Waals surface area (Å²) in [5.74, 6) is -2.34. The fraction of sp³-hybridized carbons (Fsp3) is 0.733. The molecular weight excluding hydrogens is 1230 g/mol. The zero-order chi connectivity index (χ0) is 69.0. The molecule has 17 nitrogen and oxygen atoms in total. The second kappa shape index (κ2) is 67.5. The normalized spacial score (nSPS) is 14.6. The summed E-state index contributed by atoms with van der Waals surface area (Å²) in [5, 5.41) is 10.6. The second-order valence-electron chi connectivity index (χ2n) is 24.2. The number of allylic oxidation sites excluding steroid dienone is 15. The van der Waals surface area contributed by atoms with Crippen molar-refractivity contribution in [3.05, 3.63) is 97.2 Å². The van der Waals surface area contributed by atoms with E-state index in [-0.39, 0.29) is 25.7 Å². The molecule has 94 heavy (non-hydrogen) atoms. The lowest BCUT2D eigenvalue weighted by atomic mass is 10.1. The number of aliphatic hydroxyl groups is 1. The molecule has 0 aliphatic heterocycles. The number of phosphoric acid groups is 2. The topological polar surface area (TPSA) is 237 Å². The van der Waals surface area contributed by atoms with Crippen LogP contribution in [0, 0.1) is 0 Å². The van der Waals surface area contributed by atoms with Gasteiger partial charge in [-0.2, -0.15) is 0 Å². The van der Waals surface area contributed by atoms with Crippen LogP contribution in [0.5, 0.6) is 0 Å².